The number of rotatable bonds is 8. The lowest BCUT2D eigenvalue weighted by atomic mass is 10.00. The first-order valence-electron chi connectivity index (χ1n) is 9.70. The van der Waals surface area contributed by atoms with Crippen molar-refractivity contribution >= 4 is 0 Å². The molecular weight excluding hydrogens is 356 g/mol. The molecule has 5 nitrogen and oxygen atoms in total. The molecule has 2 bridgehead atoms. The summed E-state index contributed by atoms with van der Waals surface area (Å²) in [5.74, 6) is 0. The largest absolute Gasteiger partial charge is 0.490 e. The maximum absolute atomic E-state index is 6.32. The van der Waals surface area contributed by atoms with Crippen molar-refractivity contribution in [3.05, 3.63) is 84.1 Å². The van der Waals surface area contributed by atoms with E-state index in [4.69, 9.17) is 23.7 Å². The van der Waals surface area contributed by atoms with Crippen LogP contribution >= 0.6 is 0 Å². The van der Waals surface area contributed by atoms with Crippen LogP contribution in [-0.2, 0) is 36.9 Å². The first-order chi connectivity index (χ1) is 13.8. The standard InChI is InChI=1S/C23H26O5/c1-2-13-24-22-21(26-15-18-11-7-4-8-12-18)20(19-16-27-23(22)28-19)25-14-17-9-5-3-6-10-17/h2-13,19-23H,14-16H2,1H3/t19-,20+,21+,22-,23-/m1/s1. The van der Waals surface area contributed by atoms with Gasteiger partial charge in [0.05, 0.1) is 26.1 Å². The van der Waals surface area contributed by atoms with E-state index in [0.29, 0.717) is 19.8 Å². The van der Waals surface area contributed by atoms with Gasteiger partial charge >= 0.3 is 0 Å². The van der Waals surface area contributed by atoms with Gasteiger partial charge in [-0.05, 0) is 18.1 Å². The molecule has 0 unspecified atom stereocenters. The molecule has 28 heavy (non-hydrogen) atoms. The predicted molar refractivity (Wildman–Crippen MR) is 104 cm³/mol. The normalized spacial score (nSPS) is 29.2. The minimum atomic E-state index is -0.446. The molecule has 4 rings (SSSR count). The number of benzene rings is 2. The third-order valence-electron chi connectivity index (χ3n) is 4.96. The Labute approximate surface area is 165 Å². The monoisotopic (exact) mass is 382 g/mol. The van der Waals surface area contributed by atoms with Gasteiger partial charge in [0, 0.05) is 0 Å². The lowest BCUT2D eigenvalue weighted by Crippen LogP contribution is -2.56. The quantitative estimate of drug-likeness (QED) is 0.650. The predicted octanol–water partition coefficient (Wildman–Crippen LogP) is 3.83. The first-order valence-corrected chi connectivity index (χ1v) is 9.70. The fraction of sp³-hybridized carbons (Fsp3) is 0.391. The topological polar surface area (TPSA) is 46.2 Å². The highest BCUT2D eigenvalue weighted by atomic mass is 16.8. The van der Waals surface area contributed by atoms with Crippen molar-refractivity contribution in [2.75, 3.05) is 6.61 Å². The Morgan fingerprint density at radius 3 is 2.07 bits per heavy atom. The van der Waals surface area contributed by atoms with Crippen LogP contribution in [0.5, 0.6) is 0 Å². The van der Waals surface area contributed by atoms with Crippen LogP contribution in [0.4, 0.5) is 0 Å². The summed E-state index contributed by atoms with van der Waals surface area (Å²) >= 11 is 0. The highest BCUT2D eigenvalue weighted by Crippen LogP contribution is 2.34. The second-order valence-electron chi connectivity index (χ2n) is 6.97. The molecule has 0 N–H and O–H groups in total. The Morgan fingerprint density at radius 1 is 0.857 bits per heavy atom. The molecule has 0 aromatic heterocycles. The smallest absolute Gasteiger partial charge is 0.197 e. The third kappa shape index (κ3) is 4.45. The number of allylic oxidation sites excluding steroid dienone is 1. The molecule has 2 saturated heterocycles. The van der Waals surface area contributed by atoms with E-state index in [1.807, 2.05) is 73.7 Å². The summed E-state index contributed by atoms with van der Waals surface area (Å²) in [5, 5.41) is 0. The number of fused-ring (bicyclic) bond motifs is 2. The molecule has 5 heteroatoms. The molecule has 5 atom stereocenters. The van der Waals surface area contributed by atoms with Crippen molar-refractivity contribution in [3.63, 3.8) is 0 Å². The van der Waals surface area contributed by atoms with Crippen LogP contribution in [0.3, 0.4) is 0 Å². The van der Waals surface area contributed by atoms with Crippen LogP contribution in [0.1, 0.15) is 18.1 Å². The molecule has 148 valence electrons. The Balaban J connectivity index is 1.51. The van der Waals surface area contributed by atoms with E-state index >= 15 is 0 Å². The minimum Gasteiger partial charge on any atom is -0.490 e. The van der Waals surface area contributed by atoms with E-state index in [9.17, 15) is 0 Å². The summed E-state index contributed by atoms with van der Waals surface area (Å²) in [4.78, 5) is 0. The highest BCUT2D eigenvalue weighted by Gasteiger charge is 2.53. The Morgan fingerprint density at radius 2 is 1.46 bits per heavy atom. The van der Waals surface area contributed by atoms with Gasteiger partial charge in [-0.3, -0.25) is 0 Å². The molecule has 0 saturated carbocycles. The Kier molecular flexibility index (Phi) is 6.39. The summed E-state index contributed by atoms with van der Waals surface area (Å²) in [6.45, 7) is 3.35. The van der Waals surface area contributed by atoms with Gasteiger partial charge in [-0.25, -0.2) is 0 Å². The van der Waals surface area contributed by atoms with E-state index in [1.54, 1.807) is 6.26 Å². The fourth-order valence-corrected chi connectivity index (χ4v) is 3.57. The Hall–Kier alpha value is -2.18. The van der Waals surface area contributed by atoms with Gasteiger partial charge in [0.25, 0.3) is 0 Å². The molecule has 2 aliphatic rings. The SMILES string of the molecule is CC=CO[C@H]1[C@@H]2OC[C@@H](O2)[C@H](OCc2ccccc2)[C@@H]1OCc1ccccc1. The molecule has 2 aromatic carbocycles. The minimum absolute atomic E-state index is 0.167. The van der Waals surface area contributed by atoms with Crippen molar-refractivity contribution in [1.82, 2.24) is 0 Å². The molecule has 2 aromatic rings. The maximum atomic E-state index is 6.32. The number of ether oxygens (including phenoxy) is 5. The van der Waals surface area contributed by atoms with Crippen molar-refractivity contribution in [3.8, 4) is 0 Å². The van der Waals surface area contributed by atoms with Crippen LogP contribution in [0, 0.1) is 0 Å². The van der Waals surface area contributed by atoms with Gasteiger partial charge in [-0.15, -0.1) is 0 Å². The van der Waals surface area contributed by atoms with Crippen LogP contribution in [0.25, 0.3) is 0 Å². The molecule has 0 spiro atoms. The summed E-state index contributed by atoms with van der Waals surface area (Å²) in [7, 11) is 0. The van der Waals surface area contributed by atoms with E-state index in [-0.39, 0.29) is 24.4 Å². The van der Waals surface area contributed by atoms with Crippen molar-refractivity contribution in [1.29, 1.82) is 0 Å². The van der Waals surface area contributed by atoms with Crippen molar-refractivity contribution in [2.45, 2.75) is 50.8 Å². The second kappa shape index (κ2) is 9.34. The van der Waals surface area contributed by atoms with E-state index in [2.05, 4.69) is 0 Å². The molecular formula is C23H26O5. The van der Waals surface area contributed by atoms with E-state index in [0.717, 1.165) is 11.1 Å². The van der Waals surface area contributed by atoms with Gasteiger partial charge in [-0.2, -0.15) is 0 Å². The second-order valence-corrected chi connectivity index (χ2v) is 6.97. The third-order valence-corrected chi connectivity index (χ3v) is 4.96. The zero-order chi connectivity index (χ0) is 19.2. The van der Waals surface area contributed by atoms with Crippen molar-refractivity contribution < 1.29 is 23.7 Å². The zero-order valence-electron chi connectivity index (χ0n) is 16.0. The number of hydrogen-bond acceptors (Lipinski definition) is 5. The molecule has 2 aliphatic heterocycles. The Bertz CT molecular complexity index is 748. The molecule has 0 aliphatic carbocycles. The highest BCUT2D eigenvalue weighted by molar-refractivity contribution is 5.14. The van der Waals surface area contributed by atoms with Crippen molar-refractivity contribution in [2.24, 2.45) is 0 Å². The maximum Gasteiger partial charge on any atom is 0.197 e. The van der Waals surface area contributed by atoms with Crippen LogP contribution in [0.2, 0.25) is 0 Å². The summed E-state index contributed by atoms with van der Waals surface area (Å²) < 4.78 is 30.3. The average molecular weight is 382 g/mol. The van der Waals surface area contributed by atoms with Crippen LogP contribution < -0.4 is 0 Å². The van der Waals surface area contributed by atoms with Gasteiger partial charge in [-0.1, -0.05) is 66.7 Å². The lowest BCUT2D eigenvalue weighted by Gasteiger charge is -2.39. The van der Waals surface area contributed by atoms with Gasteiger partial charge in [0.15, 0.2) is 12.4 Å². The molecule has 0 amide bonds. The number of hydrogen-bond donors (Lipinski definition) is 0. The summed E-state index contributed by atoms with van der Waals surface area (Å²) in [5.41, 5.74) is 2.21. The zero-order valence-corrected chi connectivity index (χ0v) is 16.0. The summed E-state index contributed by atoms with van der Waals surface area (Å²) in [6, 6.07) is 20.2. The fourth-order valence-electron chi connectivity index (χ4n) is 3.57. The van der Waals surface area contributed by atoms with Crippen LogP contribution in [-0.4, -0.2) is 37.3 Å². The lowest BCUT2D eigenvalue weighted by molar-refractivity contribution is -0.255. The average Bonchev–Trinajstić information content (AvgIpc) is 3.18. The van der Waals surface area contributed by atoms with Gasteiger partial charge in [0.1, 0.15) is 18.3 Å². The molecule has 0 radical (unpaired) electrons. The summed E-state index contributed by atoms with van der Waals surface area (Å²) in [6.07, 6.45) is 1.92. The van der Waals surface area contributed by atoms with Crippen LogP contribution in [0.15, 0.2) is 73.0 Å². The first kappa shape index (κ1) is 19.2. The van der Waals surface area contributed by atoms with Gasteiger partial charge < -0.3 is 23.7 Å². The molecule has 2 heterocycles. The van der Waals surface area contributed by atoms with Gasteiger partial charge in [0.2, 0.25) is 0 Å². The van der Waals surface area contributed by atoms with E-state index in [1.165, 1.54) is 0 Å². The molecule has 2 fully saturated rings. The van der Waals surface area contributed by atoms with E-state index < -0.39 is 6.29 Å².